The molecule has 1 fully saturated rings. The summed E-state index contributed by atoms with van der Waals surface area (Å²) in [6.45, 7) is 8.09. The number of fused-ring (bicyclic) bond motifs is 2. The van der Waals surface area contributed by atoms with Crippen molar-refractivity contribution >= 4 is 34.5 Å². The van der Waals surface area contributed by atoms with Gasteiger partial charge in [-0.3, -0.25) is 0 Å². The van der Waals surface area contributed by atoms with Crippen molar-refractivity contribution in [2.24, 2.45) is 11.7 Å². The summed E-state index contributed by atoms with van der Waals surface area (Å²) < 4.78 is 40.9. The first kappa shape index (κ1) is 24.0. The van der Waals surface area contributed by atoms with Crippen molar-refractivity contribution in [2.45, 2.75) is 48.7 Å². The molecule has 2 aromatic rings. The molecule has 0 bridgehead atoms. The van der Waals surface area contributed by atoms with Crippen LogP contribution in [0, 0.1) is 5.92 Å². The largest absolute Gasteiger partial charge is 0.416 e. The number of alkyl halides is 3. The van der Waals surface area contributed by atoms with Gasteiger partial charge in [0.1, 0.15) is 0 Å². The van der Waals surface area contributed by atoms with Gasteiger partial charge in [-0.05, 0) is 62.6 Å². The van der Waals surface area contributed by atoms with Crippen molar-refractivity contribution in [3.8, 4) is 0 Å². The van der Waals surface area contributed by atoms with Crippen LogP contribution in [-0.2, 0) is 6.18 Å². The van der Waals surface area contributed by atoms with Crippen molar-refractivity contribution in [3.05, 3.63) is 35.9 Å². The second-order valence-corrected chi connectivity index (χ2v) is 10.0. The molecule has 0 aromatic heterocycles. The highest BCUT2D eigenvalue weighted by atomic mass is 32.2. The normalized spacial score (nSPS) is 19.8. The Hall–Kier alpha value is -2.10. The summed E-state index contributed by atoms with van der Waals surface area (Å²) in [6.07, 6.45) is -2.47. The fraction of sp³-hybridized carbons (Fsp3) is 0.500. The van der Waals surface area contributed by atoms with Crippen LogP contribution in [0.2, 0.25) is 0 Å². The Morgan fingerprint density at radius 3 is 2.64 bits per heavy atom. The van der Waals surface area contributed by atoms with E-state index >= 15 is 0 Å². The molecule has 33 heavy (non-hydrogen) atoms. The van der Waals surface area contributed by atoms with Crippen molar-refractivity contribution in [2.75, 3.05) is 48.3 Å². The van der Waals surface area contributed by atoms with Gasteiger partial charge in [-0.25, -0.2) is 0 Å². The van der Waals surface area contributed by atoms with Crippen LogP contribution in [0.4, 0.5) is 35.9 Å². The van der Waals surface area contributed by atoms with Gasteiger partial charge in [-0.1, -0.05) is 18.7 Å². The van der Waals surface area contributed by atoms with E-state index in [4.69, 9.17) is 5.73 Å². The maximum Gasteiger partial charge on any atom is 0.416 e. The Balaban J connectivity index is 1.57. The molecule has 0 aliphatic carbocycles. The summed E-state index contributed by atoms with van der Waals surface area (Å²) in [4.78, 5) is 3.92. The Labute approximate surface area is 197 Å². The lowest BCUT2D eigenvalue weighted by Gasteiger charge is -2.28. The Bertz CT molecular complexity index is 981. The molecule has 5 N–H and O–H groups in total. The lowest BCUT2D eigenvalue weighted by Crippen LogP contribution is -2.26. The minimum atomic E-state index is -4.40. The van der Waals surface area contributed by atoms with Gasteiger partial charge in [0.2, 0.25) is 0 Å². The SMILES string of the molecule is CC1CC(C)N(c2ccc3c(c2)Sc2cc(C(F)(F)F)cc(NCCCNCCN)c2N3)C1. The fourth-order valence-electron chi connectivity index (χ4n) is 4.58. The minimum Gasteiger partial charge on any atom is -0.383 e. The second-order valence-electron chi connectivity index (χ2n) is 8.96. The molecular formula is C24H32F3N5S. The van der Waals surface area contributed by atoms with Gasteiger partial charge >= 0.3 is 6.18 Å². The Morgan fingerprint density at radius 1 is 1.12 bits per heavy atom. The van der Waals surface area contributed by atoms with E-state index in [9.17, 15) is 13.2 Å². The number of nitrogens with one attached hydrogen (secondary N) is 3. The summed E-state index contributed by atoms with van der Waals surface area (Å²) in [5.74, 6) is 0.635. The summed E-state index contributed by atoms with van der Waals surface area (Å²) in [6, 6.07) is 9.14. The Kier molecular flexibility index (Phi) is 7.31. The number of nitrogens with two attached hydrogens (primary N) is 1. The minimum absolute atomic E-state index is 0.457. The van der Waals surface area contributed by atoms with E-state index in [1.165, 1.54) is 23.9 Å². The first-order valence-electron chi connectivity index (χ1n) is 11.5. The zero-order valence-corrected chi connectivity index (χ0v) is 19.9. The van der Waals surface area contributed by atoms with Crippen LogP contribution in [0.15, 0.2) is 40.1 Å². The highest BCUT2D eigenvalue weighted by molar-refractivity contribution is 7.99. The number of hydrogen-bond donors (Lipinski definition) is 4. The molecule has 0 amide bonds. The molecule has 2 aromatic carbocycles. The summed E-state index contributed by atoms with van der Waals surface area (Å²) in [7, 11) is 0. The highest BCUT2D eigenvalue weighted by Crippen LogP contribution is 2.50. The molecular weight excluding hydrogens is 447 g/mol. The predicted octanol–water partition coefficient (Wildman–Crippen LogP) is 5.50. The van der Waals surface area contributed by atoms with Crippen LogP contribution < -0.4 is 26.6 Å². The maximum absolute atomic E-state index is 13.6. The lowest BCUT2D eigenvalue weighted by molar-refractivity contribution is -0.137. The molecule has 180 valence electrons. The smallest absolute Gasteiger partial charge is 0.383 e. The summed E-state index contributed by atoms with van der Waals surface area (Å²) >= 11 is 1.40. The number of nitrogens with zero attached hydrogens (tertiary/aromatic N) is 1. The number of benzene rings is 2. The monoisotopic (exact) mass is 479 g/mol. The van der Waals surface area contributed by atoms with Gasteiger partial charge < -0.3 is 26.6 Å². The molecule has 5 nitrogen and oxygen atoms in total. The van der Waals surface area contributed by atoms with E-state index in [-0.39, 0.29) is 0 Å². The molecule has 2 aliphatic heterocycles. The predicted molar refractivity (Wildman–Crippen MR) is 131 cm³/mol. The van der Waals surface area contributed by atoms with Crippen molar-refractivity contribution < 1.29 is 13.2 Å². The second kappa shape index (κ2) is 10.0. The molecule has 2 unspecified atom stereocenters. The molecule has 0 radical (unpaired) electrons. The van der Waals surface area contributed by atoms with Crippen LogP contribution in [0.3, 0.4) is 0 Å². The molecule has 9 heteroatoms. The zero-order valence-electron chi connectivity index (χ0n) is 19.1. The van der Waals surface area contributed by atoms with E-state index in [2.05, 4.69) is 46.8 Å². The first-order valence-corrected chi connectivity index (χ1v) is 12.3. The quantitative estimate of drug-likeness (QED) is 0.320. The number of anilines is 4. The molecule has 4 rings (SSSR count). The average molecular weight is 480 g/mol. The number of halogens is 3. The average Bonchev–Trinajstić information content (AvgIpc) is 3.11. The van der Waals surface area contributed by atoms with Crippen LogP contribution in [-0.4, -0.2) is 38.8 Å². The van der Waals surface area contributed by atoms with Crippen LogP contribution in [0.5, 0.6) is 0 Å². The lowest BCUT2D eigenvalue weighted by atomic mass is 10.1. The van der Waals surface area contributed by atoms with Crippen molar-refractivity contribution in [1.82, 2.24) is 5.32 Å². The molecule has 1 saturated heterocycles. The Morgan fingerprint density at radius 2 is 1.94 bits per heavy atom. The topological polar surface area (TPSA) is 65.3 Å². The third-order valence-corrected chi connectivity index (χ3v) is 7.26. The van der Waals surface area contributed by atoms with E-state index in [1.54, 1.807) is 0 Å². The molecule has 0 spiro atoms. The molecule has 0 saturated carbocycles. The number of rotatable bonds is 8. The van der Waals surface area contributed by atoms with Gasteiger partial charge in [-0.2, -0.15) is 13.2 Å². The maximum atomic E-state index is 13.6. The first-order chi connectivity index (χ1) is 15.8. The van der Waals surface area contributed by atoms with Gasteiger partial charge in [0.15, 0.2) is 0 Å². The summed E-state index contributed by atoms with van der Waals surface area (Å²) in [5, 5.41) is 9.79. The fourth-order valence-corrected chi connectivity index (χ4v) is 5.68. The zero-order chi connectivity index (χ0) is 23.6. The van der Waals surface area contributed by atoms with E-state index < -0.39 is 11.7 Å². The van der Waals surface area contributed by atoms with E-state index in [1.807, 2.05) is 6.07 Å². The van der Waals surface area contributed by atoms with Gasteiger partial charge in [0, 0.05) is 47.7 Å². The summed E-state index contributed by atoms with van der Waals surface area (Å²) in [5.41, 5.74) is 8.05. The van der Waals surface area contributed by atoms with Crippen LogP contribution in [0.1, 0.15) is 32.3 Å². The van der Waals surface area contributed by atoms with Crippen LogP contribution in [0.25, 0.3) is 0 Å². The standard InChI is InChI=1S/C24H32F3N5S/c1-15-10-16(2)32(14-15)18-4-5-19-21(13-18)33-22-12-17(24(25,26)27)11-20(23(22)31-19)30-8-3-7-29-9-6-28/h4-5,11-13,15-16,29-31H,3,6-10,14,28H2,1-2H3. The number of hydrogen-bond acceptors (Lipinski definition) is 6. The third-order valence-electron chi connectivity index (χ3n) is 6.16. The van der Waals surface area contributed by atoms with Gasteiger partial charge in [-0.15, -0.1) is 0 Å². The molecule has 2 heterocycles. The highest BCUT2D eigenvalue weighted by Gasteiger charge is 2.34. The van der Waals surface area contributed by atoms with Crippen molar-refractivity contribution in [1.29, 1.82) is 0 Å². The third kappa shape index (κ3) is 5.53. The van der Waals surface area contributed by atoms with Crippen molar-refractivity contribution in [3.63, 3.8) is 0 Å². The molecule has 2 aliphatic rings. The van der Waals surface area contributed by atoms with E-state index in [0.29, 0.717) is 41.3 Å². The van der Waals surface area contributed by atoms with Gasteiger partial charge in [0.05, 0.1) is 22.6 Å². The van der Waals surface area contributed by atoms with Gasteiger partial charge in [0.25, 0.3) is 0 Å². The van der Waals surface area contributed by atoms with E-state index in [0.717, 1.165) is 48.7 Å². The van der Waals surface area contributed by atoms with Crippen LogP contribution >= 0.6 is 11.8 Å². The molecule has 2 atom stereocenters.